The molecule has 0 aromatic carbocycles. The second-order valence-electron chi connectivity index (χ2n) is 9.85. The van der Waals surface area contributed by atoms with Gasteiger partial charge in [-0.3, -0.25) is 9.97 Å². The number of rotatable bonds is 7. The third-order valence-corrected chi connectivity index (χ3v) is 7.02. The number of pyridine rings is 2. The molecule has 6 heteroatoms. The minimum atomic E-state index is 0.0260. The van der Waals surface area contributed by atoms with E-state index in [1.54, 1.807) is 0 Å². The van der Waals surface area contributed by atoms with E-state index in [0.29, 0.717) is 0 Å². The van der Waals surface area contributed by atoms with Crippen molar-refractivity contribution < 1.29 is 4.84 Å². The van der Waals surface area contributed by atoms with Crippen LogP contribution in [0, 0.1) is 27.7 Å². The first-order chi connectivity index (χ1) is 15.8. The summed E-state index contributed by atoms with van der Waals surface area (Å²) in [5.41, 5.74) is 10.9. The Balaban J connectivity index is 1.32. The van der Waals surface area contributed by atoms with Crippen molar-refractivity contribution in [2.75, 3.05) is 36.0 Å². The molecular formula is C27H39N5O. The molecule has 2 aromatic rings. The van der Waals surface area contributed by atoms with Crippen LogP contribution >= 0.6 is 0 Å². The molecule has 0 radical (unpaired) electrons. The lowest BCUT2D eigenvalue weighted by Crippen LogP contribution is -2.36. The van der Waals surface area contributed by atoms with Crippen LogP contribution < -0.4 is 9.80 Å². The van der Waals surface area contributed by atoms with E-state index in [1.165, 1.54) is 33.9 Å². The second kappa shape index (κ2) is 10.1. The number of hydrogen-bond donors (Lipinski definition) is 0. The maximum absolute atomic E-state index is 5.91. The molecule has 0 fully saturated rings. The Hall–Kier alpha value is -2.63. The number of aryl methyl sites for hydroxylation is 6. The van der Waals surface area contributed by atoms with Gasteiger partial charge in [0, 0.05) is 37.4 Å². The van der Waals surface area contributed by atoms with Gasteiger partial charge in [-0.15, -0.1) is 0 Å². The zero-order chi connectivity index (χ0) is 23.5. The van der Waals surface area contributed by atoms with Crippen LogP contribution in [-0.2, 0) is 17.7 Å². The fourth-order valence-electron chi connectivity index (χ4n) is 4.80. The minimum Gasteiger partial charge on any atom is -0.391 e. The van der Waals surface area contributed by atoms with Gasteiger partial charge < -0.3 is 14.6 Å². The molecular weight excluding hydrogens is 410 g/mol. The standard InChI is InChI=1S/C27H39N5O/c1-18-15-26-24(28-22(18)5)9-7-12-31(26)14-11-20(3)30-33-21(4)17-32-13-8-10-25-27(32)16-19(2)23(6)29-25/h15-16,21H,7-14,17H2,1-6H3/b30-20+/t21-/m0/s1. The summed E-state index contributed by atoms with van der Waals surface area (Å²) in [6.07, 6.45) is 5.37. The van der Waals surface area contributed by atoms with Crippen LogP contribution in [0.5, 0.6) is 0 Å². The number of oxime groups is 1. The van der Waals surface area contributed by atoms with Crippen LogP contribution in [0.4, 0.5) is 11.4 Å². The molecule has 0 N–H and O–H groups in total. The summed E-state index contributed by atoms with van der Waals surface area (Å²) in [5, 5.41) is 4.48. The molecule has 0 bridgehead atoms. The van der Waals surface area contributed by atoms with E-state index in [0.717, 1.165) is 75.4 Å². The van der Waals surface area contributed by atoms with Crippen molar-refractivity contribution in [1.29, 1.82) is 0 Å². The third-order valence-electron chi connectivity index (χ3n) is 7.02. The Morgan fingerprint density at radius 1 is 0.939 bits per heavy atom. The lowest BCUT2D eigenvalue weighted by Gasteiger charge is -2.32. The highest BCUT2D eigenvalue weighted by atomic mass is 16.6. The second-order valence-corrected chi connectivity index (χ2v) is 9.85. The van der Waals surface area contributed by atoms with Crippen LogP contribution in [0.15, 0.2) is 17.3 Å². The van der Waals surface area contributed by atoms with E-state index in [4.69, 9.17) is 14.8 Å². The SMILES string of the molecule is C/C(CCN1CCCc2nc(C)c(C)cc21)=N\O[C@@H](C)CN1CCCc2nc(C)c(C)cc21. The van der Waals surface area contributed by atoms with Crippen LogP contribution in [0.1, 0.15) is 67.0 Å². The molecule has 0 saturated carbocycles. The normalized spacial score (nSPS) is 17.0. The van der Waals surface area contributed by atoms with Gasteiger partial charge in [0.1, 0.15) is 6.10 Å². The number of hydrogen-bond acceptors (Lipinski definition) is 6. The zero-order valence-electron chi connectivity index (χ0n) is 21.2. The van der Waals surface area contributed by atoms with Gasteiger partial charge >= 0.3 is 0 Å². The molecule has 1 atom stereocenters. The highest BCUT2D eigenvalue weighted by molar-refractivity contribution is 5.82. The Morgan fingerprint density at radius 3 is 2.09 bits per heavy atom. The summed E-state index contributed by atoms with van der Waals surface area (Å²) < 4.78 is 0. The smallest absolute Gasteiger partial charge is 0.142 e. The minimum absolute atomic E-state index is 0.0260. The number of aromatic nitrogens is 2. The fraction of sp³-hybridized carbons (Fsp3) is 0.593. The first-order valence-corrected chi connectivity index (χ1v) is 12.4. The topological polar surface area (TPSA) is 53.9 Å². The van der Waals surface area contributed by atoms with Crippen LogP contribution in [0.2, 0.25) is 0 Å². The molecule has 6 nitrogen and oxygen atoms in total. The number of anilines is 2. The summed E-state index contributed by atoms with van der Waals surface area (Å²) in [7, 11) is 0. The Bertz CT molecular complexity index is 1030. The lowest BCUT2D eigenvalue weighted by atomic mass is 10.0. The molecule has 4 heterocycles. The third kappa shape index (κ3) is 5.48. The van der Waals surface area contributed by atoms with Crippen molar-refractivity contribution in [3.63, 3.8) is 0 Å². The average molecular weight is 450 g/mol. The molecule has 2 aliphatic heterocycles. The summed E-state index contributed by atoms with van der Waals surface area (Å²) in [4.78, 5) is 20.4. The summed E-state index contributed by atoms with van der Waals surface area (Å²) in [5.74, 6) is 0. The predicted octanol–water partition coefficient (Wildman–Crippen LogP) is 5.09. The Morgan fingerprint density at radius 2 is 1.48 bits per heavy atom. The first-order valence-electron chi connectivity index (χ1n) is 12.4. The molecule has 0 amide bonds. The summed E-state index contributed by atoms with van der Waals surface area (Å²) in [6.45, 7) is 16.6. The summed E-state index contributed by atoms with van der Waals surface area (Å²) in [6, 6.07) is 4.59. The van der Waals surface area contributed by atoms with Gasteiger partial charge in [0.15, 0.2) is 0 Å². The maximum Gasteiger partial charge on any atom is 0.142 e. The van der Waals surface area contributed by atoms with Gasteiger partial charge in [-0.25, -0.2) is 0 Å². The van der Waals surface area contributed by atoms with Gasteiger partial charge in [0.25, 0.3) is 0 Å². The molecule has 0 unspecified atom stereocenters. The highest BCUT2D eigenvalue weighted by Crippen LogP contribution is 2.29. The fourth-order valence-corrected chi connectivity index (χ4v) is 4.80. The maximum atomic E-state index is 5.91. The van der Waals surface area contributed by atoms with E-state index in [9.17, 15) is 0 Å². The average Bonchev–Trinajstić information content (AvgIpc) is 2.78. The van der Waals surface area contributed by atoms with Gasteiger partial charge in [0.05, 0.1) is 35.0 Å². The monoisotopic (exact) mass is 449 g/mol. The van der Waals surface area contributed by atoms with Crippen LogP contribution in [0.25, 0.3) is 0 Å². The van der Waals surface area contributed by atoms with E-state index < -0.39 is 0 Å². The van der Waals surface area contributed by atoms with Crippen LogP contribution in [-0.4, -0.2) is 48.0 Å². The molecule has 178 valence electrons. The number of fused-ring (bicyclic) bond motifs is 2. The van der Waals surface area contributed by atoms with E-state index >= 15 is 0 Å². The van der Waals surface area contributed by atoms with Gasteiger partial charge in [-0.2, -0.15) is 0 Å². The van der Waals surface area contributed by atoms with Crippen molar-refractivity contribution >= 4 is 17.1 Å². The van der Waals surface area contributed by atoms with Crippen molar-refractivity contribution in [2.45, 2.75) is 79.8 Å². The first kappa shape index (κ1) is 23.5. The highest BCUT2D eigenvalue weighted by Gasteiger charge is 2.22. The van der Waals surface area contributed by atoms with Gasteiger partial charge in [-0.1, -0.05) is 5.16 Å². The van der Waals surface area contributed by atoms with Crippen molar-refractivity contribution in [3.8, 4) is 0 Å². The number of nitrogens with zero attached hydrogens (tertiary/aromatic N) is 5. The predicted molar refractivity (Wildman–Crippen MR) is 137 cm³/mol. The van der Waals surface area contributed by atoms with Crippen molar-refractivity contribution in [2.24, 2.45) is 5.16 Å². The van der Waals surface area contributed by atoms with E-state index in [-0.39, 0.29) is 6.10 Å². The molecule has 4 rings (SSSR count). The molecule has 0 aliphatic carbocycles. The zero-order valence-corrected chi connectivity index (χ0v) is 21.2. The molecule has 2 aliphatic rings. The van der Waals surface area contributed by atoms with Gasteiger partial charge in [0.2, 0.25) is 0 Å². The van der Waals surface area contributed by atoms with E-state index in [2.05, 4.69) is 68.6 Å². The summed E-state index contributed by atoms with van der Waals surface area (Å²) >= 11 is 0. The molecule has 33 heavy (non-hydrogen) atoms. The molecule has 0 saturated heterocycles. The Labute approximate surface area is 199 Å². The molecule has 0 spiro atoms. The lowest BCUT2D eigenvalue weighted by molar-refractivity contribution is 0.0762. The Kier molecular flexibility index (Phi) is 7.20. The van der Waals surface area contributed by atoms with E-state index in [1.807, 2.05) is 0 Å². The van der Waals surface area contributed by atoms with Gasteiger partial charge in [-0.05, 0) is 90.5 Å². The van der Waals surface area contributed by atoms with Crippen molar-refractivity contribution in [3.05, 3.63) is 46.0 Å². The molecule has 2 aromatic heterocycles. The van der Waals surface area contributed by atoms with Crippen LogP contribution in [0.3, 0.4) is 0 Å². The quantitative estimate of drug-likeness (QED) is 0.435. The largest absolute Gasteiger partial charge is 0.391 e. The van der Waals surface area contributed by atoms with Crippen molar-refractivity contribution in [1.82, 2.24) is 9.97 Å².